The normalized spacial score (nSPS) is 10.4. The number of hydrogen-bond acceptors (Lipinski definition) is 1. The molecular weight excluding hydrogens is 362 g/mol. The summed E-state index contributed by atoms with van der Waals surface area (Å²) in [5, 5.41) is 4.79. The second-order valence-corrected chi connectivity index (χ2v) is 5.94. The minimum Gasteiger partial charge on any atom is -1.00 e. The lowest BCUT2D eigenvalue weighted by atomic mass is 10.2. The molecule has 1 aromatic heterocycles. The largest absolute Gasteiger partial charge is 1.00 e. The van der Waals surface area contributed by atoms with Crippen molar-refractivity contribution in [3.05, 3.63) is 83.7 Å². The molecule has 0 spiro atoms. The van der Waals surface area contributed by atoms with E-state index >= 15 is 0 Å². The van der Waals surface area contributed by atoms with E-state index in [2.05, 4.69) is 83.1 Å². The Kier molecular flexibility index (Phi) is 7.19. The molecule has 3 aromatic rings. The van der Waals surface area contributed by atoms with Gasteiger partial charge in [-0.1, -0.05) is 74.0 Å². The van der Waals surface area contributed by atoms with Crippen LogP contribution in [-0.4, -0.2) is 9.90 Å². The highest BCUT2D eigenvalue weighted by atomic mass is 79.9. The zero-order valence-electron chi connectivity index (χ0n) is 14.1. The van der Waals surface area contributed by atoms with Crippen LogP contribution in [0.2, 0.25) is 0 Å². The molecule has 24 heavy (non-hydrogen) atoms. The zero-order valence-corrected chi connectivity index (χ0v) is 15.7. The van der Waals surface area contributed by atoms with E-state index in [0.29, 0.717) is 0 Å². The number of aryl methyl sites for hydroxylation is 1. The van der Waals surface area contributed by atoms with Crippen LogP contribution in [0.15, 0.2) is 66.9 Å². The van der Waals surface area contributed by atoms with E-state index in [0.717, 1.165) is 19.5 Å². The Morgan fingerprint density at radius 1 is 0.917 bits per heavy atom. The number of unbranched alkanes of at least 4 members (excludes halogenated alkanes) is 1. The van der Waals surface area contributed by atoms with Crippen molar-refractivity contribution in [2.75, 3.05) is 0 Å². The first kappa shape index (κ1) is 18.4. The van der Waals surface area contributed by atoms with Crippen LogP contribution in [0, 0.1) is 0 Å². The summed E-state index contributed by atoms with van der Waals surface area (Å²) in [5.41, 5.74) is 3.88. The molecule has 0 aliphatic rings. The van der Waals surface area contributed by atoms with Gasteiger partial charge in [-0.3, -0.25) is 0 Å². The van der Waals surface area contributed by atoms with Crippen LogP contribution in [0.5, 0.6) is 0 Å². The molecule has 2 aromatic carbocycles. The van der Waals surface area contributed by atoms with Crippen molar-refractivity contribution in [1.29, 1.82) is 0 Å². The molecule has 3 nitrogen and oxygen atoms in total. The molecule has 0 saturated carbocycles. The molecule has 0 saturated heterocycles. The smallest absolute Gasteiger partial charge is 0.168 e. The van der Waals surface area contributed by atoms with Crippen LogP contribution in [-0.2, 0) is 19.5 Å². The maximum Gasteiger partial charge on any atom is 0.168 e. The monoisotopic (exact) mass is 385 g/mol. The van der Waals surface area contributed by atoms with E-state index in [1.165, 1.54) is 29.7 Å². The minimum atomic E-state index is 0. The second kappa shape index (κ2) is 9.38. The van der Waals surface area contributed by atoms with Gasteiger partial charge >= 0.3 is 0 Å². The molecule has 0 radical (unpaired) electrons. The first-order valence-electron chi connectivity index (χ1n) is 8.39. The van der Waals surface area contributed by atoms with Gasteiger partial charge in [-0.15, -0.1) is 9.36 Å². The van der Waals surface area contributed by atoms with E-state index in [9.17, 15) is 0 Å². The molecule has 1 heterocycles. The van der Waals surface area contributed by atoms with Gasteiger partial charge in [-0.25, -0.2) is 0 Å². The van der Waals surface area contributed by atoms with Gasteiger partial charge in [-0.05, 0) is 17.5 Å². The third-order valence-corrected chi connectivity index (χ3v) is 4.00. The van der Waals surface area contributed by atoms with Gasteiger partial charge in [0.25, 0.3) is 0 Å². The predicted octanol–water partition coefficient (Wildman–Crippen LogP) is 0.614. The Balaban J connectivity index is 0.00000208. The number of rotatable bonds is 7. The molecule has 0 unspecified atom stereocenters. The molecule has 0 amide bonds. The average Bonchev–Trinajstić information content (AvgIpc) is 2.96. The fourth-order valence-electron chi connectivity index (χ4n) is 2.75. The average molecular weight is 386 g/mol. The Bertz CT molecular complexity index is 723. The van der Waals surface area contributed by atoms with Gasteiger partial charge in [0, 0.05) is 6.42 Å². The van der Waals surface area contributed by atoms with Crippen molar-refractivity contribution in [2.24, 2.45) is 0 Å². The molecule has 126 valence electrons. The summed E-state index contributed by atoms with van der Waals surface area (Å²) in [7, 11) is 0. The molecule has 4 heteroatoms. The van der Waals surface area contributed by atoms with Gasteiger partial charge in [0.05, 0.1) is 5.21 Å². The summed E-state index contributed by atoms with van der Waals surface area (Å²) in [4.78, 5) is 0. The summed E-state index contributed by atoms with van der Waals surface area (Å²) in [6.07, 6.45) is 5.69. The van der Waals surface area contributed by atoms with Gasteiger partial charge < -0.3 is 17.0 Å². The summed E-state index contributed by atoms with van der Waals surface area (Å²) >= 11 is 0. The Morgan fingerprint density at radius 3 is 2.17 bits per heavy atom. The lowest BCUT2D eigenvalue weighted by Crippen LogP contribution is -3.00. The highest BCUT2D eigenvalue weighted by molar-refractivity contribution is 5.15. The first-order chi connectivity index (χ1) is 11.3. The van der Waals surface area contributed by atoms with Gasteiger partial charge in [0.15, 0.2) is 11.9 Å². The van der Waals surface area contributed by atoms with E-state index < -0.39 is 0 Å². The summed E-state index contributed by atoms with van der Waals surface area (Å²) in [6.45, 7) is 3.89. The summed E-state index contributed by atoms with van der Waals surface area (Å²) < 4.78 is 4.21. The molecule has 0 bridgehead atoms. The van der Waals surface area contributed by atoms with Crippen molar-refractivity contribution in [3.63, 3.8) is 0 Å². The minimum absolute atomic E-state index is 0. The summed E-state index contributed by atoms with van der Waals surface area (Å²) in [5.74, 6) is 0. The van der Waals surface area contributed by atoms with Crippen LogP contribution < -0.4 is 21.7 Å². The SMILES string of the molecule is CCCCc1c[n+](Cc2ccccc2)nn1Cc1ccccc1.[Br-]. The molecular formula is C20H24BrN3. The van der Waals surface area contributed by atoms with Crippen LogP contribution >= 0.6 is 0 Å². The van der Waals surface area contributed by atoms with E-state index in [1.54, 1.807) is 0 Å². The fraction of sp³-hybridized carbons (Fsp3) is 0.300. The number of nitrogens with zero attached hydrogens (tertiary/aromatic N) is 3. The number of aromatic nitrogens is 3. The number of hydrogen-bond donors (Lipinski definition) is 0. The first-order valence-corrected chi connectivity index (χ1v) is 8.39. The molecule has 0 fully saturated rings. The molecule has 0 atom stereocenters. The van der Waals surface area contributed by atoms with Crippen LogP contribution in [0.25, 0.3) is 0 Å². The molecule has 0 aliphatic carbocycles. The Morgan fingerprint density at radius 2 is 1.54 bits per heavy atom. The van der Waals surface area contributed by atoms with Crippen molar-refractivity contribution < 1.29 is 21.7 Å². The molecule has 0 aliphatic heterocycles. The predicted molar refractivity (Wildman–Crippen MR) is 92.1 cm³/mol. The zero-order chi connectivity index (χ0) is 15.9. The van der Waals surface area contributed by atoms with Gasteiger partial charge in [-0.2, -0.15) is 0 Å². The van der Waals surface area contributed by atoms with Crippen molar-refractivity contribution >= 4 is 0 Å². The highest BCUT2D eigenvalue weighted by Gasteiger charge is 2.16. The highest BCUT2D eigenvalue weighted by Crippen LogP contribution is 2.07. The Labute approximate surface area is 154 Å². The topological polar surface area (TPSA) is 21.7 Å². The van der Waals surface area contributed by atoms with E-state index in [1.807, 2.05) is 0 Å². The fourth-order valence-corrected chi connectivity index (χ4v) is 2.75. The van der Waals surface area contributed by atoms with Gasteiger partial charge in [0.1, 0.15) is 13.1 Å². The quantitative estimate of drug-likeness (QED) is 0.546. The van der Waals surface area contributed by atoms with Crippen molar-refractivity contribution in [3.8, 4) is 0 Å². The van der Waals surface area contributed by atoms with Crippen LogP contribution in [0.3, 0.4) is 0 Å². The summed E-state index contributed by atoms with van der Waals surface area (Å²) in [6, 6.07) is 21.0. The molecule has 3 rings (SSSR count). The number of halogens is 1. The maximum atomic E-state index is 4.79. The van der Waals surface area contributed by atoms with Crippen LogP contribution in [0.1, 0.15) is 36.6 Å². The van der Waals surface area contributed by atoms with Gasteiger partial charge in [0.2, 0.25) is 0 Å². The van der Waals surface area contributed by atoms with Crippen molar-refractivity contribution in [2.45, 2.75) is 39.3 Å². The number of benzene rings is 2. The van der Waals surface area contributed by atoms with Crippen molar-refractivity contribution in [1.82, 2.24) is 9.90 Å². The standard InChI is InChI=1S/C20H24N3.BrH/c1-2-3-14-20-17-22(15-18-10-6-4-7-11-18)21-23(20)16-19-12-8-5-9-13-19;/h4-13,17H,2-3,14-16H2,1H3;1H/q+1;/p-1. The van der Waals surface area contributed by atoms with E-state index in [4.69, 9.17) is 5.21 Å². The van der Waals surface area contributed by atoms with E-state index in [-0.39, 0.29) is 17.0 Å². The van der Waals surface area contributed by atoms with Crippen LogP contribution in [0.4, 0.5) is 0 Å². The Hall–Kier alpha value is -1.94. The lowest BCUT2D eigenvalue weighted by Gasteiger charge is -1.99. The second-order valence-electron chi connectivity index (χ2n) is 5.94. The third kappa shape index (κ3) is 5.03. The molecule has 0 N–H and O–H groups in total. The maximum absolute atomic E-state index is 4.79. The third-order valence-electron chi connectivity index (χ3n) is 4.00. The lowest BCUT2D eigenvalue weighted by molar-refractivity contribution is -0.747.